The first-order chi connectivity index (χ1) is 16.4. The third kappa shape index (κ3) is 11.0. The molecule has 0 bridgehead atoms. The van der Waals surface area contributed by atoms with Crippen molar-refractivity contribution in [3.63, 3.8) is 0 Å². The summed E-state index contributed by atoms with van der Waals surface area (Å²) in [6.07, 6.45) is 12.8. The molecule has 186 valence electrons. The van der Waals surface area contributed by atoms with Crippen LogP contribution in [-0.4, -0.2) is 18.8 Å². The number of nitrogens with one attached hydrogen (secondary N) is 1. The topological polar surface area (TPSA) is 103 Å². The predicted molar refractivity (Wildman–Crippen MR) is 139 cm³/mol. The van der Waals surface area contributed by atoms with Gasteiger partial charge >= 0.3 is 0 Å². The van der Waals surface area contributed by atoms with Crippen molar-refractivity contribution < 1.29 is 13.0 Å². The Morgan fingerprint density at radius 3 is 2.12 bits per heavy atom. The van der Waals surface area contributed by atoms with Crippen LogP contribution in [0.15, 0.2) is 68.8 Å². The molecule has 0 unspecified atom stereocenters. The van der Waals surface area contributed by atoms with Gasteiger partial charge in [0, 0.05) is 0 Å². The van der Waals surface area contributed by atoms with Crippen LogP contribution in [0.5, 0.6) is 0 Å². The lowest BCUT2D eigenvalue weighted by Crippen LogP contribution is -2.05. The maximum absolute atomic E-state index is 11.9. The number of anilines is 1. The second-order valence-corrected chi connectivity index (χ2v) is 9.93. The van der Waals surface area contributed by atoms with Crippen LogP contribution in [0, 0.1) is 0 Å². The van der Waals surface area contributed by atoms with Crippen LogP contribution in [0.4, 0.5) is 11.4 Å². The van der Waals surface area contributed by atoms with E-state index in [0.717, 1.165) is 19.3 Å². The van der Waals surface area contributed by atoms with Crippen molar-refractivity contribution in [3.05, 3.63) is 54.1 Å². The van der Waals surface area contributed by atoms with Crippen LogP contribution in [0.2, 0.25) is 0 Å². The Balaban J connectivity index is 1.85. The summed E-state index contributed by atoms with van der Waals surface area (Å²) in [5.41, 5.74) is 4.57. The molecule has 0 aliphatic heterocycles. The largest absolute Gasteiger partial charge is 0.294 e. The van der Waals surface area contributed by atoms with Crippen LogP contribution < -0.4 is 5.43 Å². The van der Waals surface area contributed by atoms with E-state index >= 15 is 0 Å². The van der Waals surface area contributed by atoms with Gasteiger partial charge in [-0.1, -0.05) is 89.0 Å². The van der Waals surface area contributed by atoms with Gasteiger partial charge in [0.25, 0.3) is 10.1 Å². The molecule has 0 heterocycles. The standard InChI is InChI=1S/C26H38N4O3S/c1-3-4-5-6-7-8-9-10-11-13-16-23-19-20-25(21-26(23)34(31,32)33)30-28-22(2)27-29-24-17-14-12-15-18-24/h12,14-15,17-21,30H,3-11,13,16H2,1-2H3,(H,31,32,33). The number of hydrazone groups is 1. The van der Waals surface area contributed by atoms with E-state index in [1.54, 1.807) is 19.1 Å². The Morgan fingerprint density at radius 2 is 1.50 bits per heavy atom. The second-order valence-electron chi connectivity index (χ2n) is 8.54. The van der Waals surface area contributed by atoms with Gasteiger partial charge in [0.15, 0.2) is 5.84 Å². The van der Waals surface area contributed by atoms with E-state index in [1.165, 1.54) is 51.0 Å². The van der Waals surface area contributed by atoms with Gasteiger partial charge in [-0.3, -0.25) is 9.98 Å². The SMILES string of the molecule is CCCCCCCCCCCCc1ccc(NN=C(C)N=Nc2ccccc2)cc1S(=O)(=O)O. The minimum Gasteiger partial charge on any atom is -0.282 e. The maximum atomic E-state index is 11.9. The number of hydrogen-bond acceptors (Lipinski definition) is 5. The summed E-state index contributed by atoms with van der Waals surface area (Å²) < 4.78 is 33.6. The molecule has 2 rings (SSSR count). The quantitative estimate of drug-likeness (QED) is 0.0666. The highest BCUT2D eigenvalue weighted by atomic mass is 32.2. The van der Waals surface area contributed by atoms with Gasteiger partial charge in [-0.2, -0.15) is 13.5 Å². The number of azo groups is 1. The van der Waals surface area contributed by atoms with E-state index < -0.39 is 10.1 Å². The minimum atomic E-state index is -4.33. The smallest absolute Gasteiger partial charge is 0.282 e. The van der Waals surface area contributed by atoms with E-state index in [2.05, 4.69) is 27.7 Å². The van der Waals surface area contributed by atoms with E-state index in [9.17, 15) is 13.0 Å². The zero-order valence-electron chi connectivity index (χ0n) is 20.4. The highest BCUT2D eigenvalue weighted by molar-refractivity contribution is 7.85. The van der Waals surface area contributed by atoms with Crippen molar-refractivity contribution >= 4 is 27.3 Å². The lowest BCUT2D eigenvalue weighted by molar-refractivity contribution is 0.481. The van der Waals surface area contributed by atoms with E-state index in [1.807, 2.05) is 30.3 Å². The molecule has 8 heteroatoms. The summed E-state index contributed by atoms with van der Waals surface area (Å²) in [6, 6.07) is 14.2. The third-order valence-electron chi connectivity index (χ3n) is 5.56. The second kappa shape index (κ2) is 15.3. The molecular formula is C26H38N4O3S. The average molecular weight is 487 g/mol. The van der Waals surface area contributed by atoms with Crippen LogP contribution in [0.1, 0.15) is 83.6 Å². The van der Waals surface area contributed by atoms with E-state index in [4.69, 9.17) is 0 Å². The maximum Gasteiger partial charge on any atom is 0.294 e. The summed E-state index contributed by atoms with van der Waals surface area (Å²) in [5, 5.41) is 12.2. The summed E-state index contributed by atoms with van der Waals surface area (Å²) in [4.78, 5) is -0.0767. The molecule has 2 N–H and O–H groups in total. The van der Waals surface area contributed by atoms with Gasteiger partial charge < -0.3 is 0 Å². The van der Waals surface area contributed by atoms with E-state index in [-0.39, 0.29) is 4.90 Å². The fourth-order valence-electron chi connectivity index (χ4n) is 3.67. The highest BCUT2D eigenvalue weighted by Crippen LogP contribution is 2.23. The lowest BCUT2D eigenvalue weighted by atomic mass is 10.0. The van der Waals surface area contributed by atoms with Crippen molar-refractivity contribution in [3.8, 4) is 0 Å². The number of amidine groups is 1. The molecule has 7 nitrogen and oxygen atoms in total. The van der Waals surface area contributed by atoms with Crippen LogP contribution >= 0.6 is 0 Å². The summed E-state index contributed by atoms with van der Waals surface area (Å²) in [7, 11) is -4.33. The molecule has 0 radical (unpaired) electrons. The van der Waals surface area contributed by atoms with E-state index in [0.29, 0.717) is 29.2 Å². The Hall–Kier alpha value is -2.58. The number of aryl methyl sites for hydroxylation is 1. The van der Waals surface area contributed by atoms with Gasteiger partial charge in [-0.15, -0.1) is 10.2 Å². The molecule has 0 aliphatic carbocycles. The van der Waals surface area contributed by atoms with Crippen molar-refractivity contribution in [2.75, 3.05) is 5.43 Å². The van der Waals surface area contributed by atoms with Gasteiger partial charge in [0.05, 0.1) is 16.3 Å². The first kappa shape index (κ1) is 27.7. The van der Waals surface area contributed by atoms with Crippen molar-refractivity contribution in [1.29, 1.82) is 0 Å². The molecular weight excluding hydrogens is 448 g/mol. The third-order valence-corrected chi connectivity index (χ3v) is 6.49. The fraction of sp³-hybridized carbons (Fsp3) is 0.500. The first-order valence-electron chi connectivity index (χ1n) is 12.3. The van der Waals surface area contributed by atoms with Crippen LogP contribution in [0.3, 0.4) is 0 Å². The predicted octanol–water partition coefficient (Wildman–Crippen LogP) is 7.93. The van der Waals surface area contributed by atoms with Gasteiger partial charge in [-0.05, 0) is 49.6 Å². The number of hydrogen-bond donors (Lipinski definition) is 2. The van der Waals surface area contributed by atoms with Crippen molar-refractivity contribution in [1.82, 2.24) is 0 Å². The van der Waals surface area contributed by atoms with Crippen LogP contribution in [-0.2, 0) is 16.5 Å². The highest BCUT2D eigenvalue weighted by Gasteiger charge is 2.16. The summed E-state index contributed by atoms with van der Waals surface area (Å²) >= 11 is 0. The van der Waals surface area contributed by atoms with Crippen LogP contribution in [0.25, 0.3) is 0 Å². The molecule has 0 saturated heterocycles. The van der Waals surface area contributed by atoms with Gasteiger partial charge in [-0.25, -0.2) is 0 Å². The number of unbranched alkanes of at least 4 members (excludes halogenated alkanes) is 9. The molecule has 0 aromatic heterocycles. The zero-order valence-corrected chi connectivity index (χ0v) is 21.2. The number of rotatable bonds is 15. The molecule has 34 heavy (non-hydrogen) atoms. The van der Waals surface area contributed by atoms with Gasteiger partial charge in [0.2, 0.25) is 0 Å². The van der Waals surface area contributed by atoms with Crippen molar-refractivity contribution in [2.45, 2.75) is 89.4 Å². The molecule has 0 atom stereocenters. The molecule has 0 aliphatic rings. The average Bonchev–Trinajstić information content (AvgIpc) is 2.83. The number of benzene rings is 2. The first-order valence-corrected chi connectivity index (χ1v) is 13.7. The number of nitrogens with zero attached hydrogens (tertiary/aromatic N) is 3. The Bertz CT molecular complexity index is 1020. The Kier molecular flexibility index (Phi) is 12.5. The molecule has 0 amide bonds. The molecule has 0 saturated carbocycles. The monoisotopic (exact) mass is 486 g/mol. The zero-order chi connectivity index (χ0) is 24.7. The molecule has 2 aromatic carbocycles. The Labute approximate surface area is 204 Å². The summed E-state index contributed by atoms with van der Waals surface area (Å²) in [5.74, 6) is 0.381. The summed E-state index contributed by atoms with van der Waals surface area (Å²) in [6.45, 7) is 3.91. The normalized spacial score (nSPS) is 12.4. The Morgan fingerprint density at radius 1 is 0.882 bits per heavy atom. The van der Waals surface area contributed by atoms with Crippen molar-refractivity contribution in [2.24, 2.45) is 15.3 Å². The molecule has 0 spiro atoms. The molecule has 0 fully saturated rings. The lowest BCUT2D eigenvalue weighted by Gasteiger charge is -2.10. The minimum absolute atomic E-state index is 0.0767. The molecule has 2 aromatic rings. The van der Waals surface area contributed by atoms with Gasteiger partial charge in [0.1, 0.15) is 0 Å². The fourth-order valence-corrected chi connectivity index (χ4v) is 4.44.